The van der Waals surface area contributed by atoms with Crippen molar-refractivity contribution in [3.05, 3.63) is 54.1 Å². The zero-order chi connectivity index (χ0) is 15.2. The van der Waals surface area contributed by atoms with Gasteiger partial charge < -0.3 is 10.2 Å². The Morgan fingerprint density at radius 1 is 1.19 bits per heavy atom. The topological polar surface area (TPSA) is 28.2 Å². The van der Waals surface area contributed by atoms with Gasteiger partial charge in [-0.15, -0.1) is 0 Å². The number of hydrogen-bond acceptors (Lipinski definition) is 3. The summed E-state index contributed by atoms with van der Waals surface area (Å²) in [5.41, 5.74) is 3.21. The summed E-state index contributed by atoms with van der Waals surface area (Å²) in [7, 11) is 0. The van der Waals surface area contributed by atoms with E-state index in [1.807, 2.05) is 12.3 Å². The number of pyridine rings is 1. The number of nitrogens with zero attached hydrogens (tertiary/aromatic N) is 2. The molecular weight excluding hydrogens is 265 g/mol. The van der Waals surface area contributed by atoms with Crippen molar-refractivity contribution in [1.82, 2.24) is 10.3 Å². The van der Waals surface area contributed by atoms with Crippen LogP contribution in [0.4, 0.5) is 15.8 Å². The van der Waals surface area contributed by atoms with Crippen LogP contribution in [-0.2, 0) is 6.54 Å². The van der Waals surface area contributed by atoms with Crippen molar-refractivity contribution in [2.24, 2.45) is 0 Å². The van der Waals surface area contributed by atoms with Crippen LogP contribution < -0.4 is 10.2 Å². The fraction of sp³-hybridized carbons (Fsp3) is 0.353. The molecule has 0 bridgehead atoms. The van der Waals surface area contributed by atoms with Gasteiger partial charge in [-0.05, 0) is 42.8 Å². The Labute approximate surface area is 125 Å². The first-order valence-electron chi connectivity index (χ1n) is 7.31. The van der Waals surface area contributed by atoms with E-state index in [1.165, 1.54) is 17.7 Å². The van der Waals surface area contributed by atoms with Gasteiger partial charge in [0, 0.05) is 31.0 Å². The molecule has 0 radical (unpaired) electrons. The summed E-state index contributed by atoms with van der Waals surface area (Å²) in [6, 6.07) is 9.02. The van der Waals surface area contributed by atoms with Crippen LogP contribution in [-0.4, -0.2) is 17.6 Å². The van der Waals surface area contributed by atoms with Crippen LogP contribution in [0.25, 0.3) is 0 Å². The van der Waals surface area contributed by atoms with E-state index in [1.54, 1.807) is 18.3 Å². The van der Waals surface area contributed by atoms with E-state index in [9.17, 15) is 4.39 Å². The quantitative estimate of drug-likeness (QED) is 0.874. The van der Waals surface area contributed by atoms with Crippen LogP contribution in [0, 0.1) is 5.82 Å². The van der Waals surface area contributed by atoms with Crippen LogP contribution in [0.5, 0.6) is 0 Å². The summed E-state index contributed by atoms with van der Waals surface area (Å²) in [5.74, 6) is -0.220. The van der Waals surface area contributed by atoms with Crippen molar-refractivity contribution in [3.8, 4) is 0 Å². The maximum Gasteiger partial charge on any atom is 0.123 e. The molecule has 1 aromatic carbocycles. The third-order valence-corrected chi connectivity index (χ3v) is 3.33. The Morgan fingerprint density at radius 3 is 2.52 bits per heavy atom. The summed E-state index contributed by atoms with van der Waals surface area (Å²) >= 11 is 0. The summed E-state index contributed by atoms with van der Waals surface area (Å²) in [5, 5.41) is 3.43. The second-order valence-electron chi connectivity index (χ2n) is 5.26. The Hall–Kier alpha value is -1.94. The smallest absolute Gasteiger partial charge is 0.123 e. The molecule has 112 valence electrons. The predicted molar refractivity (Wildman–Crippen MR) is 85.3 cm³/mol. The zero-order valence-corrected chi connectivity index (χ0v) is 12.8. The minimum atomic E-state index is -0.220. The third kappa shape index (κ3) is 4.02. The van der Waals surface area contributed by atoms with E-state index in [0.717, 1.165) is 24.5 Å². The lowest BCUT2D eigenvalue weighted by molar-refractivity contribution is 0.588. The number of hydrogen-bond donors (Lipinski definition) is 1. The zero-order valence-electron chi connectivity index (χ0n) is 12.8. The van der Waals surface area contributed by atoms with Gasteiger partial charge in [0.25, 0.3) is 0 Å². The standard InChI is InChI=1S/C17H22FN3/c1-4-21(16-7-5-15(18)6-8-16)17-12-19-10-9-14(17)11-20-13(2)3/h5-10,12-13,20H,4,11H2,1-3H3. The number of aromatic nitrogens is 1. The fourth-order valence-corrected chi connectivity index (χ4v) is 2.23. The third-order valence-electron chi connectivity index (χ3n) is 3.33. The van der Waals surface area contributed by atoms with E-state index in [4.69, 9.17) is 0 Å². The molecule has 2 aromatic rings. The Kier molecular flexibility index (Phi) is 5.28. The van der Waals surface area contributed by atoms with E-state index in [0.29, 0.717) is 6.04 Å². The normalized spacial score (nSPS) is 10.9. The van der Waals surface area contributed by atoms with Crippen LogP contribution in [0.2, 0.25) is 0 Å². The monoisotopic (exact) mass is 287 g/mol. The van der Waals surface area contributed by atoms with Crippen LogP contribution in [0.15, 0.2) is 42.7 Å². The highest BCUT2D eigenvalue weighted by Gasteiger charge is 2.12. The first-order chi connectivity index (χ1) is 10.1. The summed E-state index contributed by atoms with van der Waals surface area (Å²) < 4.78 is 13.1. The van der Waals surface area contributed by atoms with Crippen molar-refractivity contribution >= 4 is 11.4 Å². The number of halogens is 1. The van der Waals surface area contributed by atoms with Gasteiger partial charge in [-0.1, -0.05) is 13.8 Å². The maximum atomic E-state index is 13.1. The number of rotatable bonds is 6. The van der Waals surface area contributed by atoms with Gasteiger partial charge in [0.05, 0.1) is 11.9 Å². The van der Waals surface area contributed by atoms with Gasteiger partial charge >= 0.3 is 0 Å². The van der Waals surface area contributed by atoms with Gasteiger partial charge in [-0.3, -0.25) is 4.98 Å². The first-order valence-corrected chi connectivity index (χ1v) is 7.31. The lowest BCUT2D eigenvalue weighted by Crippen LogP contribution is -2.24. The summed E-state index contributed by atoms with van der Waals surface area (Å²) in [4.78, 5) is 6.38. The average molecular weight is 287 g/mol. The molecule has 0 aliphatic heterocycles. The summed E-state index contributed by atoms with van der Waals surface area (Å²) in [6.45, 7) is 7.91. The molecule has 0 atom stereocenters. The molecule has 0 spiro atoms. The van der Waals surface area contributed by atoms with Crippen molar-refractivity contribution in [3.63, 3.8) is 0 Å². The minimum absolute atomic E-state index is 0.220. The van der Waals surface area contributed by atoms with Gasteiger partial charge in [-0.2, -0.15) is 0 Å². The lowest BCUT2D eigenvalue weighted by atomic mass is 10.1. The molecule has 4 heteroatoms. The Balaban J connectivity index is 2.31. The second kappa shape index (κ2) is 7.18. The molecule has 21 heavy (non-hydrogen) atoms. The molecule has 1 N–H and O–H groups in total. The van der Waals surface area contributed by atoms with Crippen molar-refractivity contribution in [2.45, 2.75) is 33.4 Å². The molecule has 0 aliphatic carbocycles. The number of nitrogens with one attached hydrogen (secondary N) is 1. The molecule has 0 unspecified atom stereocenters. The van der Waals surface area contributed by atoms with Gasteiger partial charge in [0.15, 0.2) is 0 Å². The second-order valence-corrected chi connectivity index (χ2v) is 5.26. The number of anilines is 2. The van der Waals surface area contributed by atoms with Crippen LogP contribution in [0.1, 0.15) is 26.3 Å². The van der Waals surface area contributed by atoms with Gasteiger partial charge in [0.2, 0.25) is 0 Å². The van der Waals surface area contributed by atoms with Gasteiger partial charge in [-0.25, -0.2) is 4.39 Å². The Bertz CT molecular complexity index is 567. The molecule has 1 aromatic heterocycles. The van der Waals surface area contributed by atoms with Crippen molar-refractivity contribution < 1.29 is 4.39 Å². The lowest BCUT2D eigenvalue weighted by Gasteiger charge is -2.26. The van der Waals surface area contributed by atoms with Crippen LogP contribution >= 0.6 is 0 Å². The van der Waals surface area contributed by atoms with E-state index >= 15 is 0 Å². The first kappa shape index (κ1) is 15.4. The van der Waals surface area contributed by atoms with Crippen molar-refractivity contribution in [1.29, 1.82) is 0 Å². The molecule has 0 fully saturated rings. The van der Waals surface area contributed by atoms with Crippen LogP contribution in [0.3, 0.4) is 0 Å². The minimum Gasteiger partial charge on any atom is -0.340 e. The Morgan fingerprint density at radius 2 is 1.90 bits per heavy atom. The molecule has 0 amide bonds. The molecule has 1 heterocycles. The molecule has 3 nitrogen and oxygen atoms in total. The van der Waals surface area contributed by atoms with E-state index < -0.39 is 0 Å². The molecule has 0 aliphatic rings. The van der Waals surface area contributed by atoms with E-state index in [-0.39, 0.29) is 5.82 Å². The van der Waals surface area contributed by atoms with Gasteiger partial charge in [0.1, 0.15) is 5.82 Å². The maximum absolute atomic E-state index is 13.1. The predicted octanol–water partition coefficient (Wildman–Crippen LogP) is 3.88. The largest absolute Gasteiger partial charge is 0.340 e. The highest BCUT2D eigenvalue weighted by atomic mass is 19.1. The SMILES string of the molecule is CCN(c1ccc(F)cc1)c1cnccc1CNC(C)C. The highest BCUT2D eigenvalue weighted by Crippen LogP contribution is 2.27. The van der Waals surface area contributed by atoms with E-state index in [2.05, 4.69) is 36.0 Å². The average Bonchev–Trinajstić information content (AvgIpc) is 2.49. The molecular formula is C17H22FN3. The molecule has 2 rings (SSSR count). The fourth-order valence-electron chi connectivity index (χ4n) is 2.23. The summed E-state index contributed by atoms with van der Waals surface area (Å²) in [6.07, 6.45) is 3.67. The van der Waals surface area contributed by atoms with Crippen molar-refractivity contribution in [2.75, 3.05) is 11.4 Å². The number of benzene rings is 1. The molecule has 0 saturated heterocycles. The highest BCUT2D eigenvalue weighted by molar-refractivity contribution is 5.65. The molecule has 0 saturated carbocycles.